The lowest BCUT2D eigenvalue weighted by Crippen LogP contribution is -2.17. The molecule has 1 heterocycles. The van der Waals surface area contributed by atoms with E-state index in [1.54, 1.807) is 13.2 Å². The van der Waals surface area contributed by atoms with Gasteiger partial charge in [-0.25, -0.2) is 0 Å². The van der Waals surface area contributed by atoms with E-state index in [-0.39, 0.29) is 0 Å². The van der Waals surface area contributed by atoms with E-state index in [2.05, 4.69) is 10.1 Å². The fraction of sp³-hybridized carbons (Fsp3) is 0.333. The van der Waals surface area contributed by atoms with Crippen molar-refractivity contribution >= 4 is 11.6 Å². The minimum absolute atomic E-state index is 0.341. The highest BCUT2D eigenvalue weighted by Crippen LogP contribution is 2.24. The van der Waals surface area contributed by atoms with E-state index in [0.717, 1.165) is 11.1 Å². The Morgan fingerprint density at radius 1 is 1.50 bits per heavy atom. The molecule has 1 atom stereocenters. The topological polar surface area (TPSA) is 74.2 Å². The number of ether oxygens (including phenoxy) is 1. The summed E-state index contributed by atoms with van der Waals surface area (Å²) < 4.78 is 10.1. The van der Waals surface area contributed by atoms with Gasteiger partial charge in [0.15, 0.2) is 5.82 Å². The van der Waals surface area contributed by atoms with Gasteiger partial charge in [0.05, 0.1) is 12.6 Å². The zero-order valence-electron chi connectivity index (χ0n) is 10.2. The molecule has 0 amide bonds. The predicted molar refractivity (Wildman–Crippen MR) is 68.3 cm³/mol. The minimum atomic E-state index is -0.395. The van der Waals surface area contributed by atoms with Crippen LogP contribution in [0.25, 0.3) is 11.5 Å². The van der Waals surface area contributed by atoms with Crippen LogP contribution in [0.4, 0.5) is 0 Å². The van der Waals surface area contributed by atoms with Crippen LogP contribution in [0.3, 0.4) is 0 Å². The van der Waals surface area contributed by atoms with Crippen molar-refractivity contribution in [1.82, 2.24) is 10.1 Å². The lowest BCUT2D eigenvalue weighted by molar-refractivity contribution is 0.177. The van der Waals surface area contributed by atoms with Crippen molar-refractivity contribution in [2.75, 3.05) is 13.7 Å². The lowest BCUT2D eigenvalue weighted by atomic mass is 10.1. The summed E-state index contributed by atoms with van der Waals surface area (Å²) in [6.07, 6.45) is 0. The van der Waals surface area contributed by atoms with Crippen molar-refractivity contribution in [3.8, 4) is 11.5 Å². The summed E-state index contributed by atoms with van der Waals surface area (Å²) in [5.41, 5.74) is 7.58. The quantitative estimate of drug-likeness (QED) is 0.920. The first-order chi connectivity index (χ1) is 8.61. The van der Waals surface area contributed by atoms with Crippen LogP contribution in [0.15, 0.2) is 22.7 Å². The highest BCUT2D eigenvalue weighted by molar-refractivity contribution is 6.31. The first-order valence-electron chi connectivity index (χ1n) is 5.46. The Morgan fingerprint density at radius 2 is 2.28 bits per heavy atom. The van der Waals surface area contributed by atoms with Crippen LogP contribution < -0.4 is 5.73 Å². The molecule has 2 N–H and O–H groups in total. The Bertz CT molecular complexity index is 542. The lowest BCUT2D eigenvalue weighted by Gasteiger charge is -2.03. The van der Waals surface area contributed by atoms with Gasteiger partial charge < -0.3 is 15.0 Å². The average Bonchev–Trinajstić information content (AvgIpc) is 2.82. The van der Waals surface area contributed by atoms with E-state index in [0.29, 0.717) is 23.3 Å². The van der Waals surface area contributed by atoms with Crippen LogP contribution in [-0.4, -0.2) is 23.9 Å². The van der Waals surface area contributed by atoms with E-state index >= 15 is 0 Å². The molecule has 5 nitrogen and oxygen atoms in total. The number of aryl methyl sites for hydroxylation is 1. The SMILES string of the molecule is COCC(N)c1noc(-c2ccc(C)c(Cl)c2)n1. The van der Waals surface area contributed by atoms with E-state index < -0.39 is 6.04 Å². The Kier molecular flexibility index (Phi) is 3.96. The summed E-state index contributed by atoms with van der Waals surface area (Å²) in [4.78, 5) is 4.23. The van der Waals surface area contributed by atoms with Gasteiger partial charge in [0, 0.05) is 17.7 Å². The molecular weight excluding hydrogens is 254 g/mol. The predicted octanol–water partition coefficient (Wildman–Crippen LogP) is 2.34. The van der Waals surface area contributed by atoms with Crippen LogP contribution in [0.1, 0.15) is 17.4 Å². The molecule has 96 valence electrons. The van der Waals surface area contributed by atoms with Crippen LogP contribution in [0.2, 0.25) is 5.02 Å². The van der Waals surface area contributed by atoms with Crippen molar-refractivity contribution in [3.63, 3.8) is 0 Å². The van der Waals surface area contributed by atoms with Crippen molar-refractivity contribution in [1.29, 1.82) is 0 Å². The molecule has 0 bridgehead atoms. The van der Waals surface area contributed by atoms with Gasteiger partial charge in [-0.1, -0.05) is 22.8 Å². The highest BCUT2D eigenvalue weighted by atomic mass is 35.5. The maximum atomic E-state index is 6.05. The molecule has 0 spiro atoms. The fourth-order valence-electron chi connectivity index (χ4n) is 1.48. The fourth-order valence-corrected chi connectivity index (χ4v) is 1.66. The van der Waals surface area contributed by atoms with Crippen LogP contribution >= 0.6 is 11.6 Å². The maximum absolute atomic E-state index is 6.05. The van der Waals surface area contributed by atoms with E-state index in [1.165, 1.54) is 0 Å². The second kappa shape index (κ2) is 5.48. The molecular formula is C12H14ClN3O2. The third kappa shape index (κ3) is 2.69. The summed E-state index contributed by atoms with van der Waals surface area (Å²) in [5, 5.41) is 4.49. The number of nitrogens with zero attached hydrogens (tertiary/aromatic N) is 2. The molecule has 0 aliphatic heterocycles. The van der Waals surface area contributed by atoms with E-state index in [9.17, 15) is 0 Å². The van der Waals surface area contributed by atoms with Crippen LogP contribution in [-0.2, 0) is 4.74 Å². The van der Waals surface area contributed by atoms with Gasteiger partial charge in [-0.05, 0) is 24.6 Å². The average molecular weight is 268 g/mol. The molecule has 0 aliphatic rings. The molecule has 0 saturated heterocycles. The maximum Gasteiger partial charge on any atom is 0.258 e. The molecule has 1 unspecified atom stereocenters. The third-order valence-corrected chi connectivity index (χ3v) is 2.95. The summed E-state index contributed by atoms with van der Waals surface area (Å²) in [7, 11) is 1.57. The van der Waals surface area contributed by atoms with Gasteiger partial charge in [0.1, 0.15) is 0 Å². The zero-order valence-corrected chi connectivity index (χ0v) is 10.9. The largest absolute Gasteiger partial charge is 0.383 e. The number of rotatable bonds is 4. The van der Waals surface area contributed by atoms with Crippen molar-refractivity contribution in [2.24, 2.45) is 5.73 Å². The standard InChI is InChI=1S/C12H14ClN3O2/c1-7-3-4-8(5-9(7)13)12-15-11(16-18-12)10(14)6-17-2/h3-5,10H,6,14H2,1-2H3. The third-order valence-electron chi connectivity index (χ3n) is 2.54. The van der Waals surface area contributed by atoms with Gasteiger partial charge in [0.25, 0.3) is 5.89 Å². The number of methoxy groups -OCH3 is 1. The summed E-state index contributed by atoms with van der Waals surface area (Å²) >= 11 is 6.05. The molecule has 18 heavy (non-hydrogen) atoms. The van der Waals surface area contributed by atoms with Crippen molar-refractivity contribution in [3.05, 3.63) is 34.6 Å². The van der Waals surface area contributed by atoms with Crippen molar-refractivity contribution in [2.45, 2.75) is 13.0 Å². The summed E-state index contributed by atoms with van der Waals surface area (Å²) in [5.74, 6) is 0.821. The summed E-state index contributed by atoms with van der Waals surface area (Å²) in [6, 6.07) is 5.17. The molecule has 2 aromatic rings. The number of halogens is 1. The number of aromatic nitrogens is 2. The minimum Gasteiger partial charge on any atom is -0.383 e. The Hall–Kier alpha value is -1.43. The molecule has 6 heteroatoms. The first kappa shape index (κ1) is 13.0. The molecule has 1 aromatic heterocycles. The number of hydrogen-bond acceptors (Lipinski definition) is 5. The molecule has 0 saturated carbocycles. The smallest absolute Gasteiger partial charge is 0.258 e. The van der Waals surface area contributed by atoms with Crippen molar-refractivity contribution < 1.29 is 9.26 Å². The Labute approximate surface area is 110 Å². The second-order valence-corrected chi connectivity index (χ2v) is 4.39. The monoisotopic (exact) mass is 267 g/mol. The molecule has 1 aromatic carbocycles. The first-order valence-corrected chi connectivity index (χ1v) is 5.84. The van der Waals surface area contributed by atoms with Crippen LogP contribution in [0.5, 0.6) is 0 Å². The van der Waals surface area contributed by atoms with Gasteiger partial charge in [-0.15, -0.1) is 0 Å². The molecule has 0 aliphatic carbocycles. The number of nitrogens with two attached hydrogens (primary N) is 1. The molecule has 0 fully saturated rings. The van der Waals surface area contributed by atoms with Crippen LogP contribution in [0, 0.1) is 6.92 Å². The molecule has 0 radical (unpaired) electrons. The van der Waals surface area contributed by atoms with Gasteiger partial charge >= 0.3 is 0 Å². The zero-order chi connectivity index (χ0) is 13.1. The Morgan fingerprint density at radius 3 is 2.94 bits per heavy atom. The van der Waals surface area contributed by atoms with E-state index in [1.807, 2.05) is 19.1 Å². The second-order valence-electron chi connectivity index (χ2n) is 3.98. The summed E-state index contributed by atoms with van der Waals surface area (Å²) in [6.45, 7) is 2.27. The Balaban J connectivity index is 2.26. The van der Waals surface area contributed by atoms with Gasteiger partial charge in [-0.3, -0.25) is 0 Å². The molecule has 2 rings (SSSR count). The van der Waals surface area contributed by atoms with Gasteiger partial charge in [-0.2, -0.15) is 4.98 Å². The van der Waals surface area contributed by atoms with E-state index in [4.69, 9.17) is 26.6 Å². The number of hydrogen-bond donors (Lipinski definition) is 1. The normalized spacial score (nSPS) is 12.7. The highest BCUT2D eigenvalue weighted by Gasteiger charge is 2.15. The van der Waals surface area contributed by atoms with Gasteiger partial charge in [0.2, 0.25) is 0 Å². The number of benzene rings is 1.